The molecule has 0 atom stereocenters. The zero-order chi connectivity index (χ0) is 13.4. The van der Waals surface area contributed by atoms with Gasteiger partial charge in [-0.05, 0) is 36.8 Å². The van der Waals surface area contributed by atoms with E-state index in [1.54, 1.807) is 13.2 Å². The topological polar surface area (TPSA) is 37.9 Å². The lowest BCUT2D eigenvalue weighted by molar-refractivity contribution is 0.415. The molecule has 3 rings (SSSR count). The standard InChI is InChI=1S/C15H13FN2O/c1-9-3-4-10(16)7-12(9)15-17-13-6-5-11(19-2)8-14(13)18-15/h3-8H,1-2H3,(H,17,18). The van der Waals surface area contributed by atoms with Gasteiger partial charge >= 0.3 is 0 Å². The molecule has 0 aliphatic heterocycles. The van der Waals surface area contributed by atoms with Crippen molar-refractivity contribution >= 4 is 11.0 Å². The minimum absolute atomic E-state index is 0.265. The first-order valence-corrected chi connectivity index (χ1v) is 5.97. The van der Waals surface area contributed by atoms with Gasteiger partial charge in [0.05, 0.1) is 18.1 Å². The molecule has 3 aromatic rings. The van der Waals surface area contributed by atoms with E-state index in [2.05, 4.69) is 9.97 Å². The minimum Gasteiger partial charge on any atom is -0.497 e. The SMILES string of the molecule is COc1ccc2nc(-c3cc(F)ccc3C)[nH]c2c1. The molecule has 1 heterocycles. The van der Waals surface area contributed by atoms with Crippen LogP contribution in [-0.4, -0.2) is 17.1 Å². The Morgan fingerprint density at radius 2 is 2.00 bits per heavy atom. The average Bonchev–Trinajstić information content (AvgIpc) is 2.83. The van der Waals surface area contributed by atoms with Crippen molar-refractivity contribution in [3.63, 3.8) is 0 Å². The monoisotopic (exact) mass is 256 g/mol. The maximum atomic E-state index is 13.3. The molecule has 0 unspecified atom stereocenters. The van der Waals surface area contributed by atoms with Crippen molar-refractivity contribution < 1.29 is 9.13 Å². The van der Waals surface area contributed by atoms with Gasteiger partial charge in [-0.25, -0.2) is 9.37 Å². The summed E-state index contributed by atoms with van der Waals surface area (Å²) in [6.45, 7) is 1.93. The molecule has 0 amide bonds. The Bertz CT molecular complexity index is 749. The maximum Gasteiger partial charge on any atom is 0.138 e. The fourth-order valence-corrected chi connectivity index (χ4v) is 2.09. The van der Waals surface area contributed by atoms with Crippen LogP contribution in [0.2, 0.25) is 0 Å². The van der Waals surface area contributed by atoms with Crippen molar-refractivity contribution in [1.29, 1.82) is 0 Å². The second kappa shape index (κ2) is 4.39. The van der Waals surface area contributed by atoms with Gasteiger partial charge in [0.2, 0.25) is 0 Å². The smallest absolute Gasteiger partial charge is 0.138 e. The number of methoxy groups -OCH3 is 1. The molecule has 4 heteroatoms. The first-order chi connectivity index (χ1) is 9.17. The number of nitrogens with zero attached hydrogens (tertiary/aromatic N) is 1. The van der Waals surface area contributed by atoms with Gasteiger partial charge in [-0.1, -0.05) is 6.07 Å². The number of aryl methyl sites for hydroxylation is 1. The molecule has 0 bridgehead atoms. The van der Waals surface area contributed by atoms with Crippen LogP contribution in [0.5, 0.6) is 5.75 Å². The minimum atomic E-state index is -0.265. The van der Waals surface area contributed by atoms with E-state index >= 15 is 0 Å². The van der Waals surface area contributed by atoms with E-state index in [4.69, 9.17) is 4.74 Å². The van der Waals surface area contributed by atoms with E-state index in [1.807, 2.05) is 25.1 Å². The molecule has 0 aliphatic rings. The molecule has 0 aliphatic carbocycles. The number of hydrogen-bond acceptors (Lipinski definition) is 2. The summed E-state index contributed by atoms with van der Waals surface area (Å²) in [5.74, 6) is 1.16. The van der Waals surface area contributed by atoms with Crippen molar-refractivity contribution in [3.05, 3.63) is 47.8 Å². The molecule has 0 fully saturated rings. The van der Waals surface area contributed by atoms with E-state index in [9.17, 15) is 4.39 Å². The van der Waals surface area contributed by atoms with Crippen molar-refractivity contribution in [2.75, 3.05) is 7.11 Å². The molecule has 1 aromatic heterocycles. The molecular weight excluding hydrogens is 243 g/mol. The Kier molecular flexibility index (Phi) is 2.71. The normalized spacial score (nSPS) is 10.9. The third kappa shape index (κ3) is 2.05. The summed E-state index contributed by atoms with van der Waals surface area (Å²) in [7, 11) is 1.62. The summed E-state index contributed by atoms with van der Waals surface area (Å²) < 4.78 is 18.5. The summed E-state index contributed by atoms with van der Waals surface area (Å²) in [6, 6.07) is 10.3. The highest BCUT2D eigenvalue weighted by Gasteiger charge is 2.09. The largest absolute Gasteiger partial charge is 0.497 e. The van der Waals surface area contributed by atoms with E-state index in [1.165, 1.54) is 12.1 Å². The van der Waals surface area contributed by atoms with Crippen molar-refractivity contribution in [2.45, 2.75) is 6.92 Å². The van der Waals surface area contributed by atoms with Crippen LogP contribution in [0, 0.1) is 12.7 Å². The fraction of sp³-hybridized carbons (Fsp3) is 0.133. The van der Waals surface area contributed by atoms with Crippen LogP contribution >= 0.6 is 0 Å². The summed E-state index contributed by atoms with van der Waals surface area (Å²) in [5, 5.41) is 0. The highest BCUT2D eigenvalue weighted by Crippen LogP contribution is 2.26. The number of hydrogen-bond donors (Lipinski definition) is 1. The Labute approximate surface area is 110 Å². The molecular formula is C15H13FN2O. The first kappa shape index (κ1) is 11.7. The van der Waals surface area contributed by atoms with E-state index in [0.29, 0.717) is 5.82 Å². The summed E-state index contributed by atoms with van der Waals surface area (Å²) in [6.07, 6.45) is 0. The first-order valence-electron chi connectivity index (χ1n) is 5.97. The average molecular weight is 256 g/mol. The van der Waals surface area contributed by atoms with Crippen LogP contribution in [0.1, 0.15) is 5.56 Å². The number of H-pyrrole nitrogens is 1. The molecule has 96 valence electrons. The second-order valence-electron chi connectivity index (χ2n) is 4.43. The number of aromatic amines is 1. The Balaban J connectivity index is 2.17. The highest BCUT2D eigenvalue weighted by atomic mass is 19.1. The lowest BCUT2D eigenvalue weighted by Crippen LogP contribution is -1.87. The third-order valence-corrected chi connectivity index (χ3v) is 3.14. The van der Waals surface area contributed by atoms with Gasteiger partial charge in [-0.3, -0.25) is 0 Å². The number of rotatable bonds is 2. The second-order valence-corrected chi connectivity index (χ2v) is 4.43. The Hall–Kier alpha value is -2.36. The summed E-state index contributed by atoms with van der Waals surface area (Å²) >= 11 is 0. The van der Waals surface area contributed by atoms with Gasteiger partial charge in [0.15, 0.2) is 0 Å². The molecule has 0 saturated carbocycles. The van der Waals surface area contributed by atoms with Gasteiger partial charge in [0.1, 0.15) is 17.4 Å². The molecule has 1 N–H and O–H groups in total. The van der Waals surface area contributed by atoms with Crippen LogP contribution in [-0.2, 0) is 0 Å². The van der Waals surface area contributed by atoms with Gasteiger partial charge in [0.25, 0.3) is 0 Å². The van der Waals surface area contributed by atoms with Gasteiger partial charge in [-0.15, -0.1) is 0 Å². The molecule has 0 saturated heterocycles. The fourth-order valence-electron chi connectivity index (χ4n) is 2.09. The predicted molar refractivity (Wildman–Crippen MR) is 72.8 cm³/mol. The number of halogens is 1. The molecule has 3 nitrogen and oxygen atoms in total. The lowest BCUT2D eigenvalue weighted by Gasteiger charge is -2.01. The molecule has 2 aromatic carbocycles. The predicted octanol–water partition coefficient (Wildman–Crippen LogP) is 3.69. The highest BCUT2D eigenvalue weighted by molar-refractivity contribution is 5.81. The van der Waals surface area contributed by atoms with E-state index in [0.717, 1.165) is 27.9 Å². The lowest BCUT2D eigenvalue weighted by atomic mass is 10.1. The zero-order valence-electron chi connectivity index (χ0n) is 10.7. The zero-order valence-corrected chi connectivity index (χ0v) is 10.7. The Morgan fingerprint density at radius 3 is 2.79 bits per heavy atom. The van der Waals surface area contributed by atoms with Gasteiger partial charge in [0, 0.05) is 11.6 Å². The van der Waals surface area contributed by atoms with Crippen LogP contribution in [0.4, 0.5) is 4.39 Å². The van der Waals surface area contributed by atoms with Crippen molar-refractivity contribution in [2.24, 2.45) is 0 Å². The van der Waals surface area contributed by atoms with Gasteiger partial charge in [-0.2, -0.15) is 0 Å². The number of imidazole rings is 1. The van der Waals surface area contributed by atoms with Crippen LogP contribution in [0.3, 0.4) is 0 Å². The van der Waals surface area contributed by atoms with E-state index < -0.39 is 0 Å². The van der Waals surface area contributed by atoms with Gasteiger partial charge < -0.3 is 9.72 Å². The van der Waals surface area contributed by atoms with Crippen LogP contribution in [0.15, 0.2) is 36.4 Å². The van der Waals surface area contributed by atoms with E-state index in [-0.39, 0.29) is 5.82 Å². The number of nitrogens with one attached hydrogen (secondary N) is 1. The van der Waals surface area contributed by atoms with Crippen molar-refractivity contribution in [3.8, 4) is 17.1 Å². The van der Waals surface area contributed by atoms with Crippen LogP contribution < -0.4 is 4.74 Å². The molecule has 0 spiro atoms. The number of aromatic nitrogens is 2. The summed E-state index contributed by atoms with van der Waals surface area (Å²) in [5.41, 5.74) is 3.46. The molecule has 19 heavy (non-hydrogen) atoms. The number of benzene rings is 2. The summed E-state index contributed by atoms with van der Waals surface area (Å²) in [4.78, 5) is 7.68. The Morgan fingerprint density at radius 1 is 1.16 bits per heavy atom. The van der Waals surface area contributed by atoms with Crippen molar-refractivity contribution in [1.82, 2.24) is 9.97 Å². The maximum absolute atomic E-state index is 13.3. The van der Waals surface area contributed by atoms with Crippen LogP contribution in [0.25, 0.3) is 22.4 Å². The molecule has 0 radical (unpaired) electrons. The quantitative estimate of drug-likeness (QED) is 0.759. The number of ether oxygens (including phenoxy) is 1. The third-order valence-electron chi connectivity index (χ3n) is 3.14. The number of fused-ring (bicyclic) bond motifs is 1.